The van der Waals surface area contributed by atoms with Crippen LogP contribution in [0.25, 0.3) is 17.0 Å². The lowest BCUT2D eigenvalue weighted by molar-refractivity contribution is -0.138. The van der Waals surface area contributed by atoms with Gasteiger partial charge in [-0.2, -0.15) is 13.2 Å². The molecule has 1 heterocycles. The van der Waals surface area contributed by atoms with Crippen LogP contribution in [0.4, 0.5) is 13.2 Å². The summed E-state index contributed by atoms with van der Waals surface area (Å²) >= 11 is 0. The van der Waals surface area contributed by atoms with Crippen LogP contribution in [0.15, 0.2) is 65.4 Å². The Hall–Kier alpha value is -3.79. The van der Waals surface area contributed by atoms with Crippen molar-refractivity contribution >= 4 is 11.7 Å². The minimum Gasteiger partial charge on any atom is -0.481 e. The molecule has 7 nitrogen and oxygen atoms in total. The van der Waals surface area contributed by atoms with Crippen molar-refractivity contribution in [1.82, 2.24) is 10.6 Å². The predicted octanol–water partition coefficient (Wildman–Crippen LogP) is 5.30. The van der Waals surface area contributed by atoms with E-state index in [4.69, 9.17) is 19.2 Å². The average molecular weight is 462 g/mol. The van der Waals surface area contributed by atoms with Crippen molar-refractivity contribution in [3.05, 3.63) is 77.7 Å². The zero-order chi connectivity index (χ0) is 23.8. The van der Waals surface area contributed by atoms with Gasteiger partial charge in [0.2, 0.25) is 0 Å². The normalized spacial score (nSPS) is 11.9. The summed E-state index contributed by atoms with van der Waals surface area (Å²) in [5, 5.41) is 12.9. The number of hydrogen-bond acceptors (Lipinski definition) is 6. The van der Waals surface area contributed by atoms with E-state index in [0.717, 1.165) is 18.6 Å². The van der Waals surface area contributed by atoms with Crippen LogP contribution >= 0.6 is 0 Å². The third kappa shape index (κ3) is 6.84. The van der Waals surface area contributed by atoms with Crippen LogP contribution < -0.4 is 10.2 Å². The van der Waals surface area contributed by atoms with Crippen molar-refractivity contribution in [1.29, 1.82) is 0 Å². The number of carboxylic acids is 1. The first-order valence-electron chi connectivity index (χ1n) is 9.96. The van der Waals surface area contributed by atoms with Crippen molar-refractivity contribution in [2.24, 2.45) is 0 Å². The van der Waals surface area contributed by atoms with Gasteiger partial charge in [0.25, 0.3) is 0 Å². The Balaban J connectivity index is 1.81. The molecule has 0 aliphatic carbocycles. The Bertz CT molecular complexity index is 1110. The molecule has 10 heteroatoms. The number of aliphatic carboxylic acids is 1. The number of aromatic nitrogens is 1. The van der Waals surface area contributed by atoms with Gasteiger partial charge in [-0.25, -0.2) is 0 Å². The molecule has 174 valence electrons. The monoisotopic (exact) mass is 462 g/mol. The Morgan fingerprint density at radius 1 is 1.18 bits per heavy atom. The van der Waals surface area contributed by atoms with Crippen molar-refractivity contribution in [3.63, 3.8) is 0 Å². The van der Waals surface area contributed by atoms with Crippen LogP contribution in [0.2, 0.25) is 0 Å². The quantitative estimate of drug-likeness (QED) is 0.240. The Morgan fingerprint density at radius 2 is 1.94 bits per heavy atom. The maximum Gasteiger partial charge on any atom is 0.416 e. The number of carbonyl (C=O) groups is 1. The smallest absolute Gasteiger partial charge is 0.416 e. The highest BCUT2D eigenvalue weighted by molar-refractivity contribution is 5.70. The molecule has 0 fully saturated rings. The maximum atomic E-state index is 12.8. The third-order valence-electron chi connectivity index (χ3n) is 4.34. The molecule has 0 spiro atoms. The van der Waals surface area contributed by atoms with E-state index in [0.29, 0.717) is 29.2 Å². The zero-order valence-corrected chi connectivity index (χ0v) is 17.6. The van der Waals surface area contributed by atoms with Crippen LogP contribution in [-0.4, -0.2) is 22.8 Å². The lowest BCUT2D eigenvalue weighted by Crippen LogP contribution is -2.14. The lowest BCUT2D eigenvalue weighted by atomic mass is 10.1. The number of hydrogen-bond donors (Lipinski definition) is 2. The fraction of sp³-hybridized carbons (Fsp3) is 0.217. The number of nitrogens with one attached hydrogen (secondary N) is 1. The molecule has 3 aromatic rings. The van der Waals surface area contributed by atoms with Crippen molar-refractivity contribution in [3.8, 4) is 17.0 Å². The summed E-state index contributed by atoms with van der Waals surface area (Å²) < 4.78 is 49.3. The second kappa shape index (κ2) is 10.7. The summed E-state index contributed by atoms with van der Waals surface area (Å²) in [4.78, 5) is 16.3. The van der Waals surface area contributed by atoms with E-state index >= 15 is 0 Å². The summed E-state index contributed by atoms with van der Waals surface area (Å²) in [7, 11) is 0. The number of rotatable bonds is 10. The molecule has 0 amide bonds. The molecule has 0 bridgehead atoms. The minimum absolute atomic E-state index is 0.149. The summed E-state index contributed by atoms with van der Waals surface area (Å²) in [5.74, 6) is -0.343. The average Bonchev–Trinajstić information content (AvgIpc) is 3.25. The zero-order valence-electron chi connectivity index (χ0n) is 17.6. The number of benzene rings is 2. The van der Waals surface area contributed by atoms with Gasteiger partial charge in [-0.1, -0.05) is 36.3 Å². The molecule has 0 radical (unpaired) electrons. The van der Waals surface area contributed by atoms with Crippen molar-refractivity contribution < 1.29 is 37.2 Å². The molecule has 3 rings (SSSR count). The first-order chi connectivity index (χ1) is 15.8. The number of hydroxylamine groups is 1. The van der Waals surface area contributed by atoms with Gasteiger partial charge >= 0.3 is 12.1 Å². The number of carboxylic acid groups (broad SMARTS) is 1. The molecule has 0 aliphatic rings. The molecule has 0 aliphatic heterocycles. The molecular weight excluding hydrogens is 441 g/mol. The summed E-state index contributed by atoms with van der Waals surface area (Å²) in [6.07, 6.45) is -2.52. The molecule has 0 saturated heterocycles. The van der Waals surface area contributed by atoms with E-state index in [1.165, 1.54) is 24.5 Å². The fourth-order valence-electron chi connectivity index (χ4n) is 2.76. The minimum atomic E-state index is -4.43. The molecule has 0 saturated carbocycles. The molecule has 33 heavy (non-hydrogen) atoms. The van der Waals surface area contributed by atoms with E-state index in [1.54, 1.807) is 24.3 Å². The molecule has 0 atom stereocenters. The first kappa shape index (κ1) is 23.9. The maximum absolute atomic E-state index is 12.8. The molecule has 2 N–H and O–H groups in total. The Kier molecular flexibility index (Phi) is 7.73. The van der Waals surface area contributed by atoms with Crippen LogP contribution in [0.3, 0.4) is 0 Å². The van der Waals surface area contributed by atoms with E-state index in [-0.39, 0.29) is 17.9 Å². The summed E-state index contributed by atoms with van der Waals surface area (Å²) in [6.45, 7) is 2.32. The topological polar surface area (TPSA) is 93.8 Å². The summed E-state index contributed by atoms with van der Waals surface area (Å²) in [6, 6.07) is 12.6. The van der Waals surface area contributed by atoms with Crippen molar-refractivity contribution in [2.75, 3.05) is 6.61 Å². The second-order valence-electron chi connectivity index (χ2n) is 6.97. The molecule has 2 aromatic carbocycles. The van der Waals surface area contributed by atoms with Gasteiger partial charge in [0.05, 0.1) is 18.6 Å². The second-order valence-corrected chi connectivity index (χ2v) is 6.97. The van der Waals surface area contributed by atoms with Crippen LogP contribution in [0.1, 0.15) is 30.2 Å². The van der Waals surface area contributed by atoms with E-state index in [1.807, 2.05) is 6.92 Å². The van der Waals surface area contributed by atoms with E-state index in [2.05, 4.69) is 10.6 Å². The standard InChI is InChI=1S/C23H21F3N2O5/c1-2-10-32-27-20(14-31-18-5-3-4-15(11-18)12-22(29)30)21-13-19(28-33-21)16-6-8-17(9-7-16)23(24,25)26/h3-9,11,13-14,27H,2,10,12H2,1H3,(H,29,30). The number of nitrogens with zero attached hydrogens (tertiary/aromatic N) is 1. The highest BCUT2D eigenvalue weighted by atomic mass is 19.4. The lowest BCUT2D eigenvalue weighted by Gasteiger charge is -2.09. The fourth-order valence-corrected chi connectivity index (χ4v) is 2.76. The summed E-state index contributed by atoms with van der Waals surface area (Å²) in [5.41, 5.74) is 3.55. The highest BCUT2D eigenvalue weighted by Gasteiger charge is 2.30. The molecular formula is C23H21F3N2O5. The van der Waals surface area contributed by atoms with Gasteiger partial charge in [-0.05, 0) is 36.2 Å². The Labute approximate surface area is 187 Å². The largest absolute Gasteiger partial charge is 0.481 e. The van der Waals surface area contributed by atoms with Crippen LogP contribution in [0.5, 0.6) is 5.75 Å². The van der Waals surface area contributed by atoms with Gasteiger partial charge < -0.3 is 14.4 Å². The highest BCUT2D eigenvalue weighted by Crippen LogP contribution is 2.31. The predicted molar refractivity (Wildman–Crippen MR) is 113 cm³/mol. The van der Waals surface area contributed by atoms with Crippen molar-refractivity contribution in [2.45, 2.75) is 25.9 Å². The number of alkyl halides is 3. The Morgan fingerprint density at radius 3 is 2.61 bits per heavy atom. The van der Waals surface area contributed by atoms with Gasteiger partial charge in [0.15, 0.2) is 5.76 Å². The van der Waals surface area contributed by atoms with E-state index in [9.17, 15) is 18.0 Å². The first-order valence-corrected chi connectivity index (χ1v) is 9.96. The SMILES string of the molecule is CCCONC(=COc1cccc(CC(=O)O)c1)c1cc(-c2ccc(C(F)(F)F)cc2)no1. The number of ether oxygens (including phenoxy) is 1. The van der Waals surface area contributed by atoms with Gasteiger partial charge in [-0.15, -0.1) is 0 Å². The van der Waals surface area contributed by atoms with Gasteiger partial charge in [-0.3, -0.25) is 15.1 Å². The third-order valence-corrected chi connectivity index (χ3v) is 4.34. The van der Waals surface area contributed by atoms with Gasteiger partial charge in [0.1, 0.15) is 23.4 Å². The van der Waals surface area contributed by atoms with Crippen LogP contribution in [-0.2, 0) is 22.2 Å². The molecule has 1 aromatic heterocycles. The van der Waals surface area contributed by atoms with E-state index < -0.39 is 17.7 Å². The van der Waals surface area contributed by atoms with Crippen LogP contribution in [0, 0.1) is 0 Å². The van der Waals surface area contributed by atoms with Gasteiger partial charge in [0, 0.05) is 11.6 Å². The number of halogens is 3. The molecule has 0 unspecified atom stereocenters.